The second kappa shape index (κ2) is 6.20. The summed E-state index contributed by atoms with van der Waals surface area (Å²) in [6.45, 7) is 0. The summed E-state index contributed by atoms with van der Waals surface area (Å²) in [6.07, 6.45) is 1.84. The van der Waals surface area contributed by atoms with Crippen molar-refractivity contribution < 1.29 is 26.3 Å². The molecule has 0 spiro atoms. The van der Waals surface area contributed by atoms with Gasteiger partial charge in [0.25, 0.3) is 0 Å². The van der Waals surface area contributed by atoms with Gasteiger partial charge in [-0.25, -0.2) is 16.8 Å². The first-order valence-electron chi connectivity index (χ1n) is 7.74. The van der Waals surface area contributed by atoms with E-state index in [2.05, 4.69) is 0 Å². The largest absolute Gasteiger partial charge is 0.497 e. The molecule has 1 saturated heterocycles. The third-order valence-corrected chi connectivity index (χ3v) is 8.18. The Bertz CT molecular complexity index is 830. The van der Waals surface area contributed by atoms with Crippen molar-refractivity contribution in [1.29, 1.82) is 0 Å². The molecule has 24 heavy (non-hydrogen) atoms. The zero-order valence-electron chi connectivity index (χ0n) is 13.6. The van der Waals surface area contributed by atoms with E-state index in [-0.39, 0.29) is 28.2 Å². The summed E-state index contributed by atoms with van der Waals surface area (Å²) in [5.74, 6) is 0.548. The molecule has 9 heteroatoms. The van der Waals surface area contributed by atoms with Gasteiger partial charge in [0, 0.05) is 18.2 Å². The molecule has 1 heterocycles. The van der Waals surface area contributed by atoms with Gasteiger partial charge in [0.05, 0.1) is 25.7 Å². The highest BCUT2D eigenvalue weighted by molar-refractivity contribution is 7.92. The molecule has 0 radical (unpaired) electrons. The van der Waals surface area contributed by atoms with Crippen LogP contribution in [0.2, 0.25) is 0 Å². The summed E-state index contributed by atoms with van der Waals surface area (Å²) in [5, 5.41) is 0. The van der Waals surface area contributed by atoms with Crippen molar-refractivity contribution in [3.63, 3.8) is 0 Å². The molecule has 1 aliphatic carbocycles. The van der Waals surface area contributed by atoms with E-state index in [1.807, 2.05) is 0 Å². The van der Waals surface area contributed by atoms with Gasteiger partial charge in [-0.05, 0) is 31.4 Å². The second-order valence-corrected chi connectivity index (χ2v) is 10.2. The molecule has 1 aliphatic heterocycles. The van der Waals surface area contributed by atoms with E-state index in [0.717, 1.165) is 12.8 Å². The lowest BCUT2D eigenvalue weighted by Gasteiger charge is -2.28. The van der Waals surface area contributed by atoms with Gasteiger partial charge in [0.15, 0.2) is 9.84 Å². The van der Waals surface area contributed by atoms with Crippen molar-refractivity contribution in [1.82, 2.24) is 4.31 Å². The van der Waals surface area contributed by atoms with Crippen LogP contribution in [0.4, 0.5) is 0 Å². The molecule has 2 fully saturated rings. The zero-order chi connectivity index (χ0) is 17.5. The number of sulfone groups is 1. The highest BCUT2D eigenvalue weighted by Gasteiger charge is 2.47. The number of hydrogen-bond acceptors (Lipinski definition) is 6. The van der Waals surface area contributed by atoms with Crippen LogP contribution >= 0.6 is 0 Å². The molecule has 0 unspecified atom stereocenters. The average molecular weight is 375 g/mol. The summed E-state index contributed by atoms with van der Waals surface area (Å²) in [4.78, 5) is 0.0144. The third-order valence-electron chi connectivity index (χ3n) is 4.40. The molecule has 1 aromatic carbocycles. The van der Waals surface area contributed by atoms with Crippen molar-refractivity contribution in [3.8, 4) is 11.5 Å². The molecule has 3 rings (SSSR count). The van der Waals surface area contributed by atoms with Gasteiger partial charge in [-0.2, -0.15) is 4.31 Å². The minimum atomic E-state index is -3.88. The quantitative estimate of drug-likeness (QED) is 0.738. The van der Waals surface area contributed by atoms with Crippen LogP contribution in [0.5, 0.6) is 11.5 Å². The Kier molecular flexibility index (Phi) is 4.52. The van der Waals surface area contributed by atoms with E-state index >= 15 is 0 Å². The molecule has 0 amide bonds. The molecule has 7 nitrogen and oxygen atoms in total. The van der Waals surface area contributed by atoms with E-state index in [0.29, 0.717) is 12.2 Å². The SMILES string of the molecule is COc1ccc(OC)c(S(=O)(=O)N(C2CC2)[C@@H]2CCS(=O)(=O)C2)c1. The number of hydrogen-bond donors (Lipinski definition) is 0. The number of benzene rings is 1. The molecule has 2 aliphatic rings. The molecule has 1 aromatic rings. The maximum absolute atomic E-state index is 13.3. The van der Waals surface area contributed by atoms with Crippen LogP contribution in [0.25, 0.3) is 0 Å². The summed E-state index contributed by atoms with van der Waals surface area (Å²) in [7, 11) is -4.20. The van der Waals surface area contributed by atoms with Crippen molar-refractivity contribution in [2.45, 2.75) is 36.2 Å². The Morgan fingerprint density at radius 2 is 1.79 bits per heavy atom. The molecule has 134 valence electrons. The van der Waals surface area contributed by atoms with Crippen LogP contribution in [-0.4, -0.2) is 58.9 Å². The van der Waals surface area contributed by atoms with Gasteiger partial charge < -0.3 is 9.47 Å². The van der Waals surface area contributed by atoms with Crippen molar-refractivity contribution in [3.05, 3.63) is 18.2 Å². The monoisotopic (exact) mass is 375 g/mol. The second-order valence-electron chi connectivity index (χ2n) is 6.14. The molecule has 0 N–H and O–H groups in total. The fraction of sp³-hybridized carbons (Fsp3) is 0.600. The molecule has 0 bridgehead atoms. The number of rotatable bonds is 6. The van der Waals surface area contributed by atoms with Gasteiger partial charge in [-0.15, -0.1) is 0 Å². The van der Waals surface area contributed by atoms with Gasteiger partial charge in [-0.3, -0.25) is 0 Å². The molecular weight excluding hydrogens is 354 g/mol. The first-order chi connectivity index (χ1) is 11.3. The number of sulfonamides is 1. The van der Waals surface area contributed by atoms with Crippen LogP contribution in [0, 0.1) is 0 Å². The maximum atomic E-state index is 13.3. The van der Waals surface area contributed by atoms with E-state index in [1.54, 1.807) is 12.1 Å². The van der Waals surface area contributed by atoms with Crippen molar-refractivity contribution in [2.24, 2.45) is 0 Å². The third kappa shape index (κ3) is 3.25. The van der Waals surface area contributed by atoms with Gasteiger partial charge >= 0.3 is 0 Å². The summed E-state index contributed by atoms with van der Waals surface area (Å²) < 4.78 is 61.8. The summed E-state index contributed by atoms with van der Waals surface area (Å²) >= 11 is 0. The van der Waals surface area contributed by atoms with E-state index in [1.165, 1.54) is 24.6 Å². The standard InChI is InChI=1S/C15H21NO6S2/c1-21-13-5-6-14(22-2)15(9-13)24(19,20)16(11-3-4-11)12-7-8-23(17,18)10-12/h5-6,9,11-12H,3-4,7-8,10H2,1-2H3/t12-/m1/s1. The minimum Gasteiger partial charge on any atom is -0.497 e. The molecular formula is C15H21NO6S2. The Morgan fingerprint density at radius 3 is 2.29 bits per heavy atom. The smallest absolute Gasteiger partial charge is 0.247 e. The van der Waals surface area contributed by atoms with Crippen molar-refractivity contribution >= 4 is 19.9 Å². The van der Waals surface area contributed by atoms with Crippen LogP contribution in [0.15, 0.2) is 23.1 Å². The van der Waals surface area contributed by atoms with Crippen LogP contribution in [0.1, 0.15) is 19.3 Å². The topological polar surface area (TPSA) is 90.0 Å². The Labute approximate surface area is 142 Å². The predicted octanol–water partition coefficient (Wildman–Crippen LogP) is 1.04. The maximum Gasteiger partial charge on any atom is 0.247 e. The number of methoxy groups -OCH3 is 2. The fourth-order valence-electron chi connectivity index (χ4n) is 3.09. The summed E-state index contributed by atoms with van der Waals surface area (Å²) in [5.41, 5.74) is 0. The predicted molar refractivity (Wildman–Crippen MR) is 88.7 cm³/mol. The van der Waals surface area contributed by atoms with Crippen molar-refractivity contribution in [2.75, 3.05) is 25.7 Å². The van der Waals surface area contributed by atoms with Gasteiger partial charge in [0.1, 0.15) is 16.4 Å². The summed E-state index contributed by atoms with van der Waals surface area (Å²) in [6, 6.07) is 3.95. The van der Waals surface area contributed by atoms with Crippen LogP contribution < -0.4 is 9.47 Å². The Morgan fingerprint density at radius 1 is 1.08 bits per heavy atom. The van der Waals surface area contributed by atoms with Gasteiger partial charge in [0.2, 0.25) is 10.0 Å². The number of nitrogens with zero attached hydrogens (tertiary/aromatic N) is 1. The first-order valence-corrected chi connectivity index (χ1v) is 11.0. The van der Waals surface area contributed by atoms with Crippen LogP contribution in [-0.2, 0) is 19.9 Å². The lowest BCUT2D eigenvalue weighted by Crippen LogP contribution is -2.42. The van der Waals surface area contributed by atoms with E-state index in [4.69, 9.17) is 9.47 Å². The fourth-order valence-corrected chi connectivity index (χ4v) is 6.97. The Hall–Kier alpha value is -1.32. The molecule has 1 atom stereocenters. The molecule has 0 aromatic heterocycles. The lowest BCUT2D eigenvalue weighted by molar-refractivity contribution is 0.328. The minimum absolute atomic E-state index is 0.0144. The molecule has 1 saturated carbocycles. The van der Waals surface area contributed by atoms with Gasteiger partial charge in [-0.1, -0.05) is 0 Å². The first kappa shape index (κ1) is 17.5. The highest BCUT2D eigenvalue weighted by Crippen LogP contribution is 2.39. The van der Waals surface area contributed by atoms with Crippen LogP contribution in [0.3, 0.4) is 0 Å². The van der Waals surface area contributed by atoms with E-state index in [9.17, 15) is 16.8 Å². The Balaban J connectivity index is 2.04. The lowest BCUT2D eigenvalue weighted by atomic mass is 10.2. The zero-order valence-corrected chi connectivity index (χ0v) is 15.3. The highest BCUT2D eigenvalue weighted by atomic mass is 32.2. The average Bonchev–Trinajstić information content (AvgIpc) is 3.30. The normalized spacial score (nSPS) is 23.4. The van der Waals surface area contributed by atoms with E-state index < -0.39 is 25.9 Å². The number of ether oxygens (including phenoxy) is 2.